The first-order valence-corrected chi connectivity index (χ1v) is 5.50. The molecule has 0 saturated carbocycles. The topological polar surface area (TPSA) is 53.6 Å². The SMILES string of the molecule is CCOC(=O)C1C=CNN1CCNCC(F)F. The number of ether oxygens (including phenoxy) is 1. The summed E-state index contributed by atoms with van der Waals surface area (Å²) in [5.41, 5.74) is 2.86. The molecule has 98 valence electrons. The summed E-state index contributed by atoms with van der Waals surface area (Å²) in [6.45, 7) is 2.52. The molecule has 0 aliphatic carbocycles. The number of hydrogen-bond donors (Lipinski definition) is 2. The lowest BCUT2D eigenvalue weighted by molar-refractivity contribution is -0.147. The third kappa shape index (κ3) is 4.66. The fourth-order valence-corrected chi connectivity index (χ4v) is 1.46. The molecule has 1 rings (SSSR count). The van der Waals surface area contributed by atoms with Gasteiger partial charge in [0.15, 0.2) is 0 Å². The highest BCUT2D eigenvalue weighted by Crippen LogP contribution is 2.06. The van der Waals surface area contributed by atoms with Crippen LogP contribution in [0.4, 0.5) is 8.78 Å². The number of carbonyl (C=O) groups excluding carboxylic acids is 1. The summed E-state index contributed by atoms with van der Waals surface area (Å²) < 4.78 is 28.6. The predicted octanol–water partition coefficient (Wildman–Crippen LogP) is 0.107. The third-order valence-electron chi connectivity index (χ3n) is 2.21. The summed E-state index contributed by atoms with van der Waals surface area (Å²) in [6.07, 6.45) is 0.945. The van der Waals surface area contributed by atoms with Gasteiger partial charge in [0.1, 0.15) is 6.04 Å². The Hall–Kier alpha value is -1.21. The fourth-order valence-electron chi connectivity index (χ4n) is 1.46. The Morgan fingerprint density at radius 2 is 2.41 bits per heavy atom. The van der Waals surface area contributed by atoms with E-state index in [1.807, 2.05) is 0 Å². The molecule has 0 radical (unpaired) electrons. The number of halogens is 2. The van der Waals surface area contributed by atoms with Gasteiger partial charge in [-0.3, -0.25) is 0 Å². The second kappa shape index (κ2) is 7.18. The van der Waals surface area contributed by atoms with E-state index >= 15 is 0 Å². The number of hydrogen-bond acceptors (Lipinski definition) is 5. The van der Waals surface area contributed by atoms with Crippen LogP contribution in [0.2, 0.25) is 0 Å². The van der Waals surface area contributed by atoms with Crippen LogP contribution in [0.15, 0.2) is 12.3 Å². The molecule has 0 saturated heterocycles. The number of hydrazine groups is 1. The first-order chi connectivity index (χ1) is 8.15. The van der Waals surface area contributed by atoms with Crippen molar-refractivity contribution in [3.8, 4) is 0 Å². The van der Waals surface area contributed by atoms with E-state index in [1.54, 1.807) is 24.2 Å². The number of alkyl halides is 2. The molecule has 7 heteroatoms. The molecule has 0 bridgehead atoms. The van der Waals surface area contributed by atoms with Crippen molar-refractivity contribution in [3.05, 3.63) is 12.3 Å². The minimum absolute atomic E-state index is 0.320. The van der Waals surface area contributed by atoms with E-state index in [0.717, 1.165) is 0 Å². The molecule has 0 aromatic carbocycles. The average Bonchev–Trinajstić information content (AvgIpc) is 2.72. The zero-order valence-electron chi connectivity index (χ0n) is 9.66. The molecule has 5 nitrogen and oxygen atoms in total. The van der Waals surface area contributed by atoms with Crippen LogP contribution in [0.1, 0.15) is 6.92 Å². The van der Waals surface area contributed by atoms with Crippen LogP contribution in [0.25, 0.3) is 0 Å². The van der Waals surface area contributed by atoms with E-state index in [0.29, 0.717) is 19.7 Å². The van der Waals surface area contributed by atoms with Crippen LogP contribution in [0, 0.1) is 0 Å². The molecule has 1 unspecified atom stereocenters. The van der Waals surface area contributed by atoms with E-state index in [4.69, 9.17) is 4.74 Å². The first kappa shape index (κ1) is 13.9. The van der Waals surface area contributed by atoms with Crippen LogP contribution in [-0.2, 0) is 9.53 Å². The number of esters is 1. The standard InChI is InChI=1S/C10H17F2N3O2/c1-2-17-10(16)8-3-4-14-15(8)6-5-13-7-9(11)12/h3-4,8-9,13-14H,2,5-7H2,1H3. The van der Waals surface area contributed by atoms with E-state index in [1.165, 1.54) is 0 Å². The highest BCUT2D eigenvalue weighted by atomic mass is 19.3. The van der Waals surface area contributed by atoms with Gasteiger partial charge in [0.25, 0.3) is 6.43 Å². The van der Waals surface area contributed by atoms with Crippen LogP contribution >= 0.6 is 0 Å². The molecule has 1 atom stereocenters. The number of nitrogens with one attached hydrogen (secondary N) is 2. The Balaban J connectivity index is 2.26. The third-order valence-corrected chi connectivity index (χ3v) is 2.21. The molecule has 0 amide bonds. The molecule has 0 spiro atoms. The molecule has 0 fully saturated rings. The average molecular weight is 249 g/mol. The van der Waals surface area contributed by atoms with Gasteiger partial charge < -0.3 is 15.5 Å². The number of carbonyl (C=O) groups is 1. The van der Waals surface area contributed by atoms with Crippen molar-refractivity contribution < 1.29 is 18.3 Å². The lowest BCUT2D eigenvalue weighted by atomic mass is 10.3. The molecule has 1 aliphatic heterocycles. The zero-order valence-corrected chi connectivity index (χ0v) is 9.66. The molecular formula is C10H17F2N3O2. The maximum atomic E-state index is 11.9. The molecule has 1 heterocycles. The Kier molecular flexibility index (Phi) is 5.85. The summed E-state index contributed by atoms with van der Waals surface area (Å²) in [5.74, 6) is -0.345. The summed E-state index contributed by atoms with van der Waals surface area (Å²) in [7, 11) is 0. The predicted molar refractivity (Wildman–Crippen MR) is 58.3 cm³/mol. The van der Waals surface area contributed by atoms with Crippen molar-refractivity contribution in [1.29, 1.82) is 0 Å². The molecular weight excluding hydrogens is 232 g/mol. The van der Waals surface area contributed by atoms with Crippen LogP contribution in [0.5, 0.6) is 0 Å². The maximum Gasteiger partial charge on any atom is 0.329 e. The van der Waals surface area contributed by atoms with Crippen LogP contribution < -0.4 is 10.7 Å². The summed E-state index contributed by atoms with van der Waals surface area (Å²) in [5, 5.41) is 4.23. The molecule has 1 aliphatic rings. The lowest BCUT2D eigenvalue weighted by Gasteiger charge is -2.22. The van der Waals surface area contributed by atoms with Gasteiger partial charge in [-0.2, -0.15) is 0 Å². The second-order valence-electron chi connectivity index (χ2n) is 3.47. The van der Waals surface area contributed by atoms with Crippen molar-refractivity contribution in [2.45, 2.75) is 19.4 Å². The minimum atomic E-state index is -2.36. The van der Waals surface area contributed by atoms with E-state index in [2.05, 4.69) is 10.7 Å². The largest absolute Gasteiger partial charge is 0.465 e. The van der Waals surface area contributed by atoms with Gasteiger partial charge in [-0.15, -0.1) is 0 Å². The van der Waals surface area contributed by atoms with E-state index < -0.39 is 12.5 Å². The van der Waals surface area contributed by atoms with Crippen molar-refractivity contribution in [3.63, 3.8) is 0 Å². The van der Waals surface area contributed by atoms with Crippen molar-refractivity contribution >= 4 is 5.97 Å². The van der Waals surface area contributed by atoms with E-state index in [9.17, 15) is 13.6 Å². The van der Waals surface area contributed by atoms with Crippen molar-refractivity contribution in [1.82, 2.24) is 15.8 Å². The van der Waals surface area contributed by atoms with Gasteiger partial charge in [-0.05, 0) is 13.0 Å². The smallest absolute Gasteiger partial charge is 0.329 e. The van der Waals surface area contributed by atoms with Crippen LogP contribution in [0.3, 0.4) is 0 Å². The van der Waals surface area contributed by atoms with Crippen molar-refractivity contribution in [2.75, 3.05) is 26.2 Å². The Morgan fingerprint density at radius 3 is 3.06 bits per heavy atom. The Morgan fingerprint density at radius 1 is 1.65 bits per heavy atom. The van der Waals surface area contributed by atoms with Gasteiger partial charge in [0.05, 0.1) is 13.2 Å². The van der Waals surface area contributed by atoms with Gasteiger partial charge in [-0.25, -0.2) is 18.6 Å². The fraction of sp³-hybridized carbons (Fsp3) is 0.700. The molecule has 0 aromatic heterocycles. The van der Waals surface area contributed by atoms with Gasteiger partial charge in [-0.1, -0.05) is 0 Å². The summed E-state index contributed by atoms with van der Waals surface area (Å²) in [4.78, 5) is 11.5. The Labute approximate surface area is 98.8 Å². The highest BCUT2D eigenvalue weighted by Gasteiger charge is 2.27. The summed E-state index contributed by atoms with van der Waals surface area (Å²) >= 11 is 0. The molecule has 2 N–H and O–H groups in total. The quantitative estimate of drug-likeness (QED) is 0.495. The molecule has 17 heavy (non-hydrogen) atoms. The lowest BCUT2D eigenvalue weighted by Crippen LogP contribution is -2.46. The molecule has 0 aromatic rings. The van der Waals surface area contributed by atoms with Gasteiger partial charge >= 0.3 is 5.97 Å². The highest BCUT2D eigenvalue weighted by molar-refractivity contribution is 5.78. The van der Waals surface area contributed by atoms with Crippen LogP contribution in [-0.4, -0.2) is 49.7 Å². The van der Waals surface area contributed by atoms with Gasteiger partial charge in [0, 0.05) is 19.3 Å². The van der Waals surface area contributed by atoms with E-state index in [-0.39, 0.29) is 12.5 Å². The van der Waals surface area contributed by atoms with Gasteiger partial charge in [0.2, 0.25) is 0 Å². The minimum Gasteiger partial charge on any atom is -0.465 e. The summed E-state index contributed by atoms with van der Waals surface area (Å²) in [6, 6.07) is -0.483. The van der Waals surface area contributed by atoms with Crippen molar-refractivity contribution in [2.24, 2.45) is 0 Å². The maximum absolute atomic E-state index is 11.9. The first-order valence-electron chi connectivity index (χ1n) is 5.50. The number of nitrogens with zero attached hydrogens (tertiary/aromatic N) is 1. The monoisotopic (exact) mass is 249 g/mol. The second-order valence-corrected chi connectivity index (χ2v) is 3.47. The Bertz CT molecular complexity index is 274. The number of rotatable bonds is 7. The normalized spacial score (nSPS) is 19.6. The zero-order chi connectivity index (χ0) is 12.7.